The minimum Gasteiger partial charge on any atom is -0.455 e. The Bertz CT molecular complexity index is 1070. The van der Waals surface area contributed by atoms with Gasteiger partial charge in [0.2, 0.25) is 0 Å². The Hall–Kier alpha value is -3.35. The number of carbonyl (C=O) groups is 3. The predicted octanol–water partition coefficient (Wildman–Crippen LogP) is 5.74. The summed E-state index contributed by atoms with van der Waals surface area (Å²) in [7, 11) is 0. The average Bonchev–Trinajstić information content (AvgIpc) is 3.31. The van der Waals surface area contributed by atoms with E-state index in [1.54, 1.807) is 48.5 Å². The molecule has 5 rings (SSSR count). The fourth-order valence-corrected chi connectivity index (χ4v) is 6.40. The second-order valence-electron chi connectivity index (χ2n) is 12.0. The fraction of sp³-hybridized carbons (Fsp3) is 0.516. The molecule has 2 aliphatic carbocycles. The molecule has 0 N–H and O–H groups in total. The number of hydrogen-bond donors (Lipinski definition) is 0. The van der Waals surface area contributed by atoms with Crippen LogP contribution in [0.25, 0.3) is 0 Å². The molecule has 0 aromatic heterocycles. The third-order valence-corrected chi connectivity index (χ3v) is 8.13. The van der Waals surface area contributed by atoms with E-state index in [9.17, 15) is 14.4 Å². The molecule has 1 amide bonds. The van der Waals surface area contributed by atoms with Crippen LogP contribution in [-0.4, -0.2) is 53.8 Å². The summed E-state index contributed by atoms with van der Waals surface area (Å²) in [6.07, 6.45) is 1.94. The van der Waals surface area contributed by atoms with Crippen molar-refractivity contribution in [1.82, 2.24) is 4.90 Å². The van der Waals surface area contributed by atoms with E-state index in [2.05, 4.69) is 0 Å². The summed E-state index contributed by atoms with van der Waals surface area (Å²) in [6.45, 7) is 7.05. The zero-order chi connectivity index (χ0) is 26.9. The number of carbonyl (C=O) groups excluding carboxylic acids is 3. The molecular weight excluding hydrogens is 482 g/mol. The van der Waals surface area contributed by atoms with Gasteiger partial charge in [-0.05, 0) is 94.4 Å². The molecule has 1 heterocycles. The number of amides is 1. The molecule has 0 radical (unpaired) electrons. The van der Waals surface area contributed by atoms with Crippen LogP contribution in [0.3, 0.4) is 0 Å². The van der Waals surface area contributed by atoms with Crippen LogP contribution in [0.5, 0.6) is 0 Å². The van der Waals surface area contributed by atoms with E-state index in [1.165, 1.54) is 0 Å². The third kappa shape index (κ3) is 6.03. The van der Waals surface area contributed by atoms with Crippen molar-refractivity contribution in [3.8, 4) is 0 Å². The average molecular weight is 520 g/mol. The van der Waals surface area contributed by atoms with E-state index in [-0.39, 0.29) is 6.09 Å². The molecule has 2 saturated carbocycles. The van der Waals surface area contributed by atoms with Gasteiger partial charge in [-0.15, -0.1) is 0 Å². The summed E-state index contributed by atoms with van der Waals surface area (Å²) >= 11 is 0. The molecule has 1 aliphatic heterocycles. The zero-order valence-electron chi connectivity index (χ0n) is 22.4. The number of ether oxygens (including phenoxy) is 3. The summed E-state index contributed by atoms with van der Waals surface area (Å²) in [5, 5.41) is 0. The number of rotatable bonds is 4. The van der Waals surface area contributed by atoms with Gasteiger partial charge in [-0.25, -0.2) is 14.4 Å². The molecule has 2 aromatic rings. The molecule has 1 saturated heterocycles. The van der Waals surface area contributed by atoms with Gasteiger partial charge >= 0.3 is 18.0 Å². The van der Waals surface area contributed by atoms with Gasteiger partial charge in [0.15, 0.2) is 0 Å². The molecule has 202 valence electrons. The number of likely N-dealkylation sites (tertiary alicyclic amines) is 1. The third-order valence-electron chi connectivity index (χ3n) is 8.13. The van der Waals surface area contributed by atoms with Gasteiger partial charge in [-0.2, -0.15) is 0 Å². The number of esters is 2. The summed E-state index contributed by atoms with van der Waals surface area (Å²) in [5.74, 6) is 0.682. The summed E-state index contributed by atoms with van der Waals surface area (Å²) in [5.41, 5.74) is 0.440. The van der Waals surface area contributed by atoms with Crippen molar-refractivity contribution in [3.63, 3.8) is 0 Å². The van der Waals surface area contributed by atoms with Crippen LogP contribution in [0.1, 0.15) is 67.2 Å². The standard InChI is InChI=1S/C31H37NO6/c1-31(2,3)38-30(35)32-18-24-14-22-16-26(36-28(33)20-10-6-4-7-11-20)27(17-23(22)15-25(24)19-32)37-29(34)21-12-8-5-9-13-21/h4-13,22-27H,14-19H2,1-3H3. The molecule has 6 atom stereocenters. The molecule has 38 heavy (non-hydrogen) atoms. The number of benzene rings is 2. The molecule has 7 heteroatoms. The minimum absolute atomic E-state index is 0.251. The normalized spacial score (nSPS) is 28.6. The van der Waals surface area contributed by atoms with Crippen molar-refractivity contribution in [2.24, 2.45) is 23.7 Å². The smallest absolute Gasteiger partial charge is 0.410 e. The second kappa shape index (κ2) is 10.8. The van der Waals surface area contributed by atoms with Crippen LogP contribution in [0.15, 0.2) is 60.7 Å². The Labute approximate surface area is 224 Å². The van der Waals surface area contributed by atoms with Gasteiger partial charge in [0, 0.05) is 13.1 Å². The van der Waals surface area contributed by atoms with Crippen LogP contribution in [-0.2, 0) is 14.2 Å². The minimum atomic E-state index is -0.523. The Morgan fingerprint density at radius 3 is 1.47 bits per heavy atom. The highest BCUT2D eigenvalue weighted by molar-refractivity contribution is 5.90. The highest BCUT2D eigenvalue weighted by atomic mass is 16.6. The molecule has 6 unspecified atom stereocenters. The Morgan fingerprint density at radius 2 is 1.08 bits per heavy atom. The lowest BCUT2D eigenvalue weighted by Crippen LogP contribution is -2.47. The maximum Gasteiger partial charge on any atom is 0.410 e. The lowest BCUT2D eigenvalue weighted by atomic mass is 9.63. The molecular formula is C31H37NO6. The molecule has 2 aromatic carbocycles. The number of hydrogen-bond acceptors (Lipinski definition) is 6. The molecule has 7 nitrogen and oxygen atoms in total. The van der Waals surface area contributed by atoms with Crippen LogP contribution in [0.4, 0.5) is 4.79 Å². The SMILES string of the molecule is CC(C)(C)OC(=O)N1CC2CC3CC(OC(=O)c4ccccc4)C(OC(=O)c4ccccc4)CC3CC2C1. The highest BCUT2D eigenvalue weighted by Gasteiger charge is 2.49. The van der Waals surface area contributed by atoms with Crippen molar-refractivity contribution < 1.29 is 28.6 Å². The van der Waals surface area contributed by atoms with Gasteiger partial charge in [-0.1, -0.05) is 36.4 Å². The number of nitrogens with zero attached hydrogens (tertiary/aromatic N) is 1. The Morgan fingerprint density at radius 1 is 0.658 bits per heavy atom. The van der Waals surface area contributed by atoms with Crippen molar-refractivity contribution >= 4 is 18.0 Å². The number of fused-ring (bicyclic) bond motifs is 2. The maximum atomic E-state index is 13.0. The van der Waals surface area contributed by atoms with E-state index in [0.717, 1.165) is 12.8 Å². The van der Waals surface area contributed by atoms with Crippen molar-refractivity contribution in [3.05, 3.63) is 71.8 Å². The first-order valence-electron chi connectivity index (χ1n) is 13.7. The van der Waals surface area contributed by atoms with Crippen LogP contribution in [0.2, 0.25) is 0 Å². The van der Waals surface area contributed by atoms with Gasteiger partial charge in [0.1, 0.15) is 17.8 Å². The lowest BCUT2D eigenvalue weighted by molar-refractivity contribution is -0.0871. The van der Waals surface area contributed by atoms with E-state index in [4.69, 9.17) is 14.2 Å². The molecule has 3 aliphatic rings. The first-order chi connectivity index (χ1) is 18.2. The molecule has 0 bridgehead atoms. The fourth-order valence-electron chi connectivity index (χ4n) is 6.40. The predicted molar refractivity (Wildman–Crippen MR) is 142 cm³/mol. The summed E-state index contributed by atoms with van der Waals surface area (Å²) in [4.78, 5) is 40.5. The van der Waals surface area contributed by atoms with E-state index < -0.39 is 29.7 Å². The van der Waals surface area contributed by atoms with Crippen LogP contribution < -0.4 is 0 Å². The van der Waals surface area contributed by atoms with E-state index in [0.29, 0.717) is 60.7 Å². The molecule has 0 spiro atoms. The Kier molecular flexibility index (Phi) is 7.46. The van der Waals surface area contributed by atoms with Gasteiger partial charge in [-0.3, -0.25) is 0 Å². The first-order valence-corrected chi connectivity index (χ1v) is 13.7. The van der Waals surface area contributed by atoms with E-state index >= 15 is 0 Å². The zero-order valence-corrected chi connectivity index (χ0v) is 22.4. The lowest BCUT2D eigenvalue weighted by Gasteiger charge is -2.45. The van der Waals surface area contributed by atoms with Crippen molar-refractivity contribution in [2.45, 2.75) is 64.3 Å². The highest BCUT2D eigenvalue weighted by Crippen LogP contribution is 2.49. The van der Waals surface area contributed by atoms with Crippen LogP contribution in [0, 0.1) is 23.7 Å². The van der Waals surface area contributed by atoms with Gasteiger partial charge < -0.3 is 19.1 Å². The Balaban J connectivity index is 1.30. The van der Waals surface area contributed by atoms with Crippen LogP contribution >= 0.6 is 0 Å². The van der Waals surface area contributed by atoms with Gasteiger partial charge in [0.05, 0.1) is 11.1 Å². The van der Waals surface area contributed by atoms with Crippen molar-refractivity contribution in [2.75, 3.05) is 13.1 Å². The summed E-state index contributed by atoms with van der Waals surface area (Å²) in [6, 6.07) is 17.8. The quantitative estimate of drug-likeness (QED) is 0.378. The van der Waals surface area contributed by atoms with E-state index in [1.807, 2.05) is 37.8 Å². The largest absolute Gasteiger partial charge is 0.455 e. The molecule has 3 fully saturated rings. The van der Waals surface area contributed by atoms with Gasteiger partial charge in [0.25, 0.3) is 0 Å². The second-order valence-corrected chi connectivity index (χ2v) is 12.0. The monoisotopic (exact) mass is 519 g/mol. The van der Waals surface area contributed by atoms with Crippen molar-refractivity contribution in [1.29, 1.82) is 0 Å². The maximum absolute atomic E-state index is 13.0. The first kappa shape index (κ1) is 26.3. The topological polar surface area (TPSA) is 82.1 Å². The summed E-state index contributed by atoms with van der Waals surface area (Å²) < 4.78 is 17.6.